The molecule has 0 fully saturated rings. The number of carbonyl (C=O) groups excluding carboxylic acids is 1. The molecule has 2 aromatic rings. The van der Waals surface area contributed by atoms with Crippen LogP contribution in [0.4, 0.5) is 5.69 Å². The number of rotatable bonds is 6. The topological polar surface area (TPSA) is 64.9 Å². The molecule has 0 aliphatic rings. The Morgan fingerprint density at radius 3 is 2.50 bits per heavy atom. The number of aliphatic hydroxyl groups excluding tert-OH is 1. The fourth-order valence-electron chi connectivity index (χ4n) is 1.91. The predicted molar refractivity (Wildman–Crippen MR) is 88.3 cm³/mol. The summed E-state index contributed by atoms with van der Waals surface area (Å²) in [6.45, 7) is 0.700. The van der Waals surface area contributed by atoms with Gasteiger partial charge in [0.1, 0.15) is 0 Å². The Morgan fingerprint density at radius 2 is 1.86 bits per heavy atom. The highest BCUT2D eigenvalue weighted by Gasteiger charge is 2.02. The standard InChI is InChI=1S/C17H19N3O2/c1-20(11-12-21)16-9-7-14(8-10-16)13-18-19-17(22)15-5-3-2-4-6-15/h2-10,13,21H,11-12H2,1H3,(H,19,22)/b18-13-. The molecular weight excluding hydrogens is 278 g/mol. The number of nitrogens with one attached hydrogen (secondary N) is 1. The molecule has 0 heterocycles. The molecule has 0 aromatic heterocycles. The van der Waals surface area contributed by atoms with Crippen LogP contribution in [0.5, 0.6) is 0 Å². The maximum Gasteiger partial charge on any atom is 0.271 e. The van der Waals surface area contributed by atoms with Crippen molar-refractivity contribution in [3.63, 3.8) is 0 Å². The molecule has 0 unspecified atom stereocenters. The van der Waals surface area contributed by atoms with E-state index in [0.29, 0.717) is 12.1 Å². The van der Waals surface area contributed by atoms with Crippen molar-refractivity contribution < 1.29 is 9.90 Å². The first-order valence-electron chi connectivity index (χ1n) is 7.01. The van der Waals surface area contributed by atoms with E-state index in [-0.39, 0.29) is 12.5 Å². The molecule has 2 rings (SSSR count). The number of likely N-dealkylation sites (N-methyl/N-ethyl adjacent to an activating group) is 1. The molecule has 0 aliphatic heterocycles. The summed E-state index contributed by atoms with van der Waals surface area (Å²) in [5.41, 5.74) is 4.96. The van der Waals surface area contributed by atoms with Crippen molar-refractivity contribution in [1.82, 2.24) is 5.43 Å². The fourth-order valence-corrected chi connectivity index (χ4v) is 1.91. The lowest BCUT2D eigenvalue weighted by Crippen LogP contribution is -2.20. The molecule has 0 spiro atoms. The second kappa shape index (κ2) is 7.95. The zero-order valence-electron chi connectivity index (χ0n) is 12.4. The van der Waals surface area contributed by atoms with Gasteiger partial charge in [0.15, 0.2) is 0 Å². The zero-order chi connectivity index (χ0) is 15.8. The Morgan fingerprint density at radius 1 is 1.18 bits per heavy atom. The SMILES string of the molecule is CN(CCO)c1ccc(/C=N\NC(=O)c2ccccc2)cc1. The van der Waals surface area contributed by atoms with Gasteiger partial charge in [-0.3, -0.25) is 4.79 Å². The largest absolute Gasteiger partial charge is 0.395 e. The van der Waals surface area contributed by atoms with Crippen molar-refractivity contribution in [2.45, 2.75) is 0 Å². The van der Waals surface area contributed by atoms with Crippen LogP contribution in [-0.4, -0.2) is 37.4 Å². The molecule has 5 nitrogen and oxygen atoms in total. The molecule has 0 saturated heterocycles. The van der Waals surface area contributed by atoms with Gasteiger partial charge in [-0.1, -0.05) is 30.3 Å². The zero-order valence-corrected chi connectivity index (χ0v) is 12.4. The van der Waals surface area contributed by atoms with Crippen LogP contribution >= 0.6 is 0 Å². The molecule has 0 atom stereocenters. The molecule has 0 saturated carbocycles. The monoisotopic (exact) mass is 297 g/mol. The second-order valence-corrected chi connectivity index (χ2v) is 4.80. The summed E-state index contributed by atoms with van der Waals surface area (Å²) in [5.74, 6) is -0.240. The number of amides is 1. The van der Waals surface area contributed by atoms with Gasteiger partial charge in [0.05, 0.1) is 12.8 Å². The highest BCUT2D eigenvalue weighted by atomic mass is 16.3. The van der Waals surface area contributed by atoms with Crippen molar-refractivity contribution in [1.29, 1.82) is 0 Å². The maximum absolute atomic E-state index is 11.8. The molecule has 0 bridgehead atoms. The van der Waals surface area contributed by atoms with Crippen LogP contribution in [0.3, 0.4) is 0 Å². The van der Waals surface area contributed by atoms with Crippen molar-refractivity contribution in [2.24, 2.45) is 5.10 Å². The molecule has 2 N–H and O–H groups in total. The molecule has 0 aliphatic carbocycles. The number of carbonyl (C=O) groups is 1. The Labute approximate surface area is 129 Å². The lowest BCUT2D eigenvalue weighted by Gasteiger charge is -2.17. The van der Waals surface area contributed by atoms with Gasteiger partial charge in [-0.15, -0.1) is 0 Å². The molecule has 1 amide bonds. The van der Waals surface area contributed by atoms with E-state index < -0.39 is 0 Å². The first kappa shape index (κ1) is 15.7. The number of anilines is 1. The molecule has 0 radical (unpaired) electrons. The Kier molecular flexibility index (Phi) is 5.68. The van der Waals surface area contributed by atoms with Crippen LogP contribution in [-0.2, 0) is 0 Å². The van der Waals surface area contributed by atoms with Crippen molar-refractivity contribution in [2.75, 3.05) is 25.1 Å². The number of hydrogen-bond donors (Lipinski definition) is 2. The quantitative estimate of drug-likeness (QED) is 0.632. The summed E-state index contributed by atoms with van der Waals surface area (Å²) in [6.07, 6.45) is 1.59. The molecule has 22 heavy (non-hydrogen) atoms. The smallest absolute Gasteiger partial charge is 0.271 e. The van der Waals surface area contributed by atoms with E-state index in [4.69, 9.17) is 5.11 Å². The maximum atomic E-state index is 11.8. The van der Waals surface area contributed by atoms with E-state index in [2.05, 4.69) is 10.5 Å². The van der Waals surface area contributed by atoms with E-state index in [9.17, 15) is 4.79 Å². The molecule has 5 heteroatoms. The third kappa shape index (κ3) is 4.43. The van der Waals surface area contributed by atoms with E-state index in [1.165, 1.54) is 0 Å². The Balaban J connectivity index is 1.92. The Bertz CT molecular complexity index is 624. The first-order valence-corrected chi connectivity index (χ1v) is 7.01. The fraction of sp³-hybridized carbons (Fsp3) is 0.176. The highest BCUT2D eigenvalue weighted by molar-refractivity contribution is 5.94. The van der Waals surface area contributed by atoms with Gasteiger partial charge in [0, 0.05) is 24.8 Å². The van der Waals surface area contributed by atoms with Gasteiger partial charge in [0.25, 0.3) is 5.91 Å². The molecule has 2 aromatic carbocycles. The number of hydrazone groups is 1. The summed E-state index contributed by atoms with van der Waals surface area (Å²) in [4.78, 5) is 13.8. The van der Waals surface area contributed by atoms with E-state index >= 15 is 0 Å². The third-order valence-electron chi connectivity index (χ3n) is 3.18. The summed E-state index contributed by atoms with van der Waals surface area (Å²) in [5, 5.41) is 12.9. The summed E-state index contributed by atoms with van der Waals surface area (Å²) in [7, 11) is 1.92. The van der Waals surface area contributed by atoms with Gasteiger partial charge in [0.2, 0.25) is 0 Å². The van der Waals surface area contributed by atoms with Gasteiger partial charge in [-0.05, 0) is 29.8 Å². The minimum atomic E-state index is -0.240. The Hall–Kier alpha value is -2.66. The normalized spacial score (nSPS) is 10.6. The van der Waals surface area contributed by atoms with Crippen LogP contribution in [0.1, 0.15) is 15.9 Å². The van der Waals surface area contributed by atoms with Crippen LogP contribution in [0.25, 0.3) is 0 Å². The average molecular weight is 297 g/mol. The van der Waals surface area contributed by atoms with Crippen molar-refractivity contribution in [3.05, 3.63) is 65.7 Å². The van der Waals surface area contributed by atoms with Crippen LogP contribution in [0.15, 0.2) is 59.7 Å². The van der Waals surface area contributed by atoms with Crippen LogP contribution in [0.2, 0.25) is 0 Å². The van der Waals surface area contributed by atoms with E-state index in [0.717, 1.165) is 11.3 Å². The van der Waals surface area contributed by atoms with Crippen molar-refractivity contribution in [3.8, 4) is 0 Å². The van der Waals surface area contributed by atoms with Crippen molar-refractivity contribution >= 4 is 17.8 Å². The van der Waals surface area contributed by atoms with E-state index in [1.807, 2.05) is 42.3 Å². The minimum Gasteiger partial charge on any atom is -0.395 e. The number of hydrogen-bond acceptors (Lipinski definition) is 4. The van der Waals surface area contributed by atoms with Gasteiger partial charge < -0.3 is 10.0 Å². The van der Waals surface area contributed by atoms with Crippen LogP contribution < -0.4 is 10.3 Å². The lowest BCUT2D eigenvalue weighted by molar-refractivity contribution is 0.0955. The lowest BCUT2D eigenvalue weighted by atomic mass is 10.2. The van der Waals surface area contributed by atoms with Crippen LogP contribution in [0, 0.1) is 0 Å². The number of nitrogens with zero attached hydrogens (tertiary/aromatic N) is 2. The minimum absolute atomic E-state index is 0.116. The average Bonchev–Trinajstić information content (AvgIpc) is 2.56. The summed E-state index contributed by atoms with van der Waals surface area (Å²) < 4.78 is 0. The molecular formula is C17H19N3O2. The summed E-state index contributed by atoms with van der Waals surface area (Å²) >= 11 is 0. The van der Waals surface area contributed by atoms with Gasteiger partial charge in [-0.2, -0.15) is 5.10 Å². The number of aliphatic hydroxyl groups is 1. The van der Waals surface area contributed by atoms with Gasteiger partial charge >= 0.3 is 0 Å². The summed E-state index contributed by atoms with van der Waals surface area (Å²) in [6, 6.07) is 16.6. The second-order valence-electron chi connectivity index (χ2n) is 4.80. The highest BCUT2D eigenvalue weighted by Crippen LogP contribution is 2.12. The number of benzene rings is 2. The third-order valence-corrected chi connectivity index (χ3v) is 3.18. The van der Waals surface area contributed by atoms with E-state index in [1.54, 1.807) is 30.5 Å². The molecule has 114 valence electrons. The van der Waals surface area contributed by atoms with Gasteiger partial charge in [-0.25, -0.2) is 5.43 Å². The first-order chi connectivity index (χ1) is 10.7. The predicted octanol–water partition coefficient (Wildman–Crippen LogP) is 1.88.